The van der Waals surface area contributed by atoms with Gasteiger partial charge >= 0.3 is 0 Å². The minimum atomic E-state index is -0.823. The lowest BCUT2D eigenvalue weighted by Gasteiger charge is -2.15. The number of hydrogen-bond acceptors (Lipinski definition) is 4. The predicted octanol–water partition coefficient (Wildman–Crippen LogP) is -1.89. The van der Waals surface area contributed by atoms with Crippen LogP contribution in [0.25, 0.3) is 0 Å². The van der Waals surface area contributed by atoms with Gasteiger partial charge in [0.1, 0.15) is 0 Å². The first-order valence-electron chi connectivity index (χ1n) is 4.11. The summed E-state index contributed by atoms with van der Waals surface area (Å²) < 4.78 is 0. The van der Waals surface area contributed by atoms with Crippen LogP contribution in [-0.4, -0.2) is 35.2 Å². The van der Waals surface area contributed by atoms with E-state index >= 15 is 0 Å². The Hall–Kier alpha value is -1.69. The van der Waals surface area contributed by atoms with Gasteiger partial charge in [0.2, 0.25) is 5.91 Å². The molecule has 0 bridgehead atoms. The quantitative estimate of drug-likeness (QED) is 0.514. The Balaban J connectivity index is 2.43. The molecule has 6 nitrogen and oxygen atoms in total. The van der Waals surface area contributed by atoms with E-state index in [1.165, 1.54) is 12.2 Å². The van der Waals surface area contributed by atoms with Crippen LogP contribution in [0.15, 0.2) is 12.2 Å². The van der Waals surface area contributed by atoms with Gasteiger partial charge in [-0.1, -0.05) is 0 Å². The highest BCUT2D eigenvalue weighted by Crippen LogP contribution is 2.04. The Morgan fingerprint density at radius 1 is 1.36 bits per heavy atom. The smallest absolute Gasteiger partial charge is 0.253 e. The monoisotopic (exact) mass is 197 g/mol. The molecule has 0 saturated heterocycles. The summed E-state index contributed by atoms with van der Waals surface area (Å²) in [6, 6.07) is -0.823. The first-order chi connectivity index (χ1) is 6.52. The molecular weight excluding hydrogens is 186 g/mol. The Morgan fingerprint density at radius 3 is 2.29 bits per heavy atom. The van der Waals surface area contributed by atoms with E-state index in [1.54, 1.807) is 0 Å². The van der Waals surface area contributed by atoms with Crippen molar-refractivity contribution in [2.45, 2.75) is 12.5 Å². The Morgan fingerprint density at radius 2 is 1.86 bits per heavy atom. The van der Waals surface area contributed by atoms with Crippen LogP contribution in [0, 0.1) is 0 Å². The summed E-state index contributed by atoms with van der Waals surface area (Å²) in [6.45, 7) is 0.120. The second kappa shape index (κ2) is 4.01. The van der Waals surface area contributed by atoms with Crippen molar-refractivity contribution in [3.63, 3.8) is 0 Å². The predicted molar refractivity (Wildman–Crippen MR) is 47.6 cm³/mol. The topological polar surface area (TPSA) is 106 Å². The zero-order valence-electron chi connectivity index (χ0n) is 7.47. The number of amides is 3. The molecule has 0 saturated carbocycles. The number of nitrogens with zero attached hydrogens (tertiary/aromatic N) is 1. The summed E-state index contributed by atoms with van der Waals surface area (Å²) in [5.74, 6) is -1.41. The summed E-state index contributed by atoms with van der Waals surface area (Å²) in [4.78, 5) is 33.6. The van der Waals surface area contributed by atoms with E-state index in [4.69, 9.17) is 11.5 Å². The average molecular weight is 197 g/mol. The average Bonchev–Trinajstić information content (AvgIpc) is 2.43. The standard InChI is InChI=1S/C8H11N3O3/c9-5(8(10)14)3-4-11-6(12)1-2-7(11)13/h1-2,5H,3-4,9H2,(H2,10,14). The molecule has 3 amide bonds. The zero-order chi connectivity index (χ0) is 10.7. The molecular formula is C8H11N3O3. The zero-order valence-corrected chi connectivity index (χ0v) is 7.47. The molecule has 1 unspecified atom stereocenters. The Kier molecular flexibility index (Phi) is 2.98. The van der Waals surface area contributed by atoms with Crippen molar-refractivity contribution < 1.29 is 14.4 Å². The number of primary amides is 1. The van der Waals surface area contributed by atoms with E-state index < -0.39 is 11.9 Å². The molecule has 0 radical (unpaired) electrons. The van der Waals surface area contributed by atoms with Crippen molar-refractivity contribution in [3.8, 4) is 0 Å². The van der Waals surface area contributed by atoms with Gasteiger partial charge in [-0.2, -0.15) is 0 Å². The SMILES string of the molecule is NC(=O)C(N)CCN1C(=O)C=CC1=O. The third-order valence-corrected chi connectivity index (χ3v) is 1.93. The van der Waals surface area contributed by atoms with Crippen LogP contribution in [0.4, 0.5) is 0 Å². The van der Waals surface area contributed by atoms with E-state index in [0.29, 0.717) is 0 Å². The van der Waals surface area contributed by atoms with Crippen molar-refractivity contribution >= 4 is 17.7 Å². The molecule has 1 aliphatic heterocycles. The van der Waals surface area contributed by atoms with Gasteiger partial charge in [-0.3, -0.25) is 19.3 Å². The van der Waals surface area contributed by atoms with Gasteiger partial charge in [-0.15, -0.1) is 0 Å². The summed E-state index contributed by atoms with van der Waals surface area (Å²) in [5.41, 5.74) is 10.3. The van der Waals surface area contributed by atoms with Crippen LogP contribution in [0.5, 0.6) is 0 Å². The highest BCUT2D eigenvalue weighted by atomic mass is 16.2. The second-order valence-electron chi connectivity index (χ2n) is 2.96. The minimum Gasteiger partial charge on any atom is -0.368 e. The van der Waals surface area contributed by atoms with Gasteiger partial charge in [-0.05, 0) is 6.42 Å². The largest absolute Gasteiger partial charge is 0.368 e. The Bertz CT molecular complexity index is 293. The van der Waals surface area contributed by atoms with Crippen molar-refractivity contribution in [3.05, 3.63) is 12.2 Å². The van der Waals surface area contributed by atoms with E-state index in [1.807, 2.05) is 0 Å². The number of rotatable bonds is 4. The molecule has 4 N–H and O–H groups in total. The van der Waals surface area contributed by atoms with Crippen LogP contribution in [0.3, 0.4) is 0 Å². The number of imide groups is 1. The van der Waals surface area contributed by atoms with Crippen LogP contribution < -0.4 is 11.5 Å². The molecule has 1 aliphatic rings. The summed E-state index contributed by atoms with van der Waals surface area (Å²) in [5, 5.41) is 0. The fourth-order valence-corrected chi connectivity index (χ4v) is 1.06. The van der Waals surface area contributed by atoms with E-state index in [9.17, 15) is 14.4 Å². The van der Waals surface area contributed by atoms with Gasteiger partial charge in [-0.25, -0.2) is 0 Å². The molecule has 6 heteroatoms. The maximum atomic E-state index is 11.0. The molecule has 0 aromatic heterocycles. The Labute approximate surface area is 80.5 Å². The van der Waals surface area contributed by atoms with Crippen molar-refractivity contribution in [1.82, 2.24) is 4.90 Å². The fraction of sp³-hybridized carbons (Fsp3) is 0.375. The van der Waals surface area contributed by atoms with E-state index in [-0.39, 0.29) is 24.8 Å². The summed E-state index contributed by atoms with van der Waals surface area (Å²) in [7, 11) is 0. The third-order valence-electron chi connectivity index (χ3n) is 1.93. The summed E-state index contributed by atoms with van der Waals surface area (Å²) in [6.07, 6.45) is 2.55. The first-order valence-corrected chi connectivity index (χ1v) is 4.11. The van der Waals surface area contributed by atoms with Gasteiger partial charge < -0.3 is 11.5 Å². The molecule has 1 heterocycles. The van der Waals surface area contributed by atoms with E-state index in [2.05, 4.69) is 0 Å². The van der Waals surface area contributed by atoms with Crippen LogP contribution in [0.2, 0.25) is 0 Å². The van der Waals surface area contributed by atoms with Crippen molar-refractivity contribution in [2.24, 2.45) is 11.5 Å². The lowest BCUT2D eigenvalue weighted by molar-refractivity contribution is -0.137. The molecule has 1 rings (SSSR count). The maximum Gasteiger partial charge on any atom is 0.253 e. The molecule has 0 spiro atoms. The molecule has 76 valence electrons. The first kappa shape index (κ1) is 10.4. The number of nitrogens with two attached hydrogens (primary N) is 2. The van der Waals surface area contributed by atoms with Crippen LogP contribution >= 0.6 is 0 Å². The van der Waals surface area contributed by atoms with Gasteiger partial charge in [0.15, 0.2) is 0 Å². The van der Waals surface area contributed by atoms with Crippen molar-refractivity contribution in [2.75, 3.05) is 6.54 Å². The summed E-state index contributed by atoms with van der Waals surface area (Å²) >= 11 is 0. The van der Waals surface area contributed by atoms with Crippen LogP contribution in [0.1, 0.15) is 6.42 Å². The van der Waals surface area contributed by atoms with Crippen LogP contribution in [-0.2, 0) is 14.4 Å². The molecule has 0 aliphatic carbocycles. The molecule has 0 fully saturated rings. The lowest BCUT2D eigenvalue weighted by Crippen LogP contribution is -2.41. The normalized spacial score (nSPS) is 17.6. The molecule has 0 aromatic carbocycles. The highest BCUT2D eigenvalue weighted by Gasteiger charge is 2.24. The third kappa shape index (κ3) is 2.17. The molecule has 14 heavy (non-hydrogen) atoms. The lowest BCUT2D eigenvalue weighted by atomic mass is 10.2. The second-order valence-corrected chi connectivity index (χ2v) is 2.96. The van der Waals surface area contributed by atoms with Gasteiger partial charge in [0.25, 0.3) is 11.8 Å². The number of carbonyl (C=O) groups is 3. The molecule has 0 aromatic rings. The number of carbonyl (C=O) groups excluding carboxylic acids is 3. The van der Waals surface area contributed by atoms with Gasteiger partial charge in [0, 0.05) is 18.7 Å². The molecule has 1 atom stereocenters. The maximum absolute atomic E-state index is 11.0. The van der Waals surface area contributed by atoms with Crippen molar-refractivity contribution in [1.29, 1.82) is 0 Å². The highest BCUT2D eigenvalue weighted by molar-refractivity contribution is 6.12. The number of hydrogen-bond donors (Lipinski definition) is 2. The van der Waals surface area contributed by atoms with E-state index in [0.717, 1.165) is 4.90 Å². The van der Waals surface area contributed by atoms with Gasteiger partial charge in [0.05, 0.1) is 6.04 Å². The minimum absolute atomic E-state index is 0.120. The fourth-order valence-electron chi connectivity index (χ4n) is 1.06.